The number of hydrogen-bond acceptors (Lipinski definition) is 3. The van der Waals surface area contributed by atoms with Crippen molar-refractivity contribution in [2.45, 2.75) is 6.92 Å². The summed E-state index contributed by atoms with van der Waals surface area (Å²) in [4.78, 5) is 10.8. The van der Waals surface area contributed by atoms with Crippen LogP contribution in [0, 0.1) is 11.3 Å². The molecule has 2 aromatic rings. The third kappa shape index (κ3) is 3.02. The van der Waals surface area contributed by atoms with E-state index in [-0.39, 0.29) is 5.91 Å². The Morgan fingerprint density at radius 1 is 1.16 bits per heavy atom. The molecule has 19 heavy (non-hydrogen) atoms. The van der Waals surface area contributed by atoms with Crippen LogP contribution >= 0.6 is 0 Å². The summed E-state index contributed by atoms with van der Waals surface area (Å²) in [6.45, 7) is 2.72. The first-order valence-electron chi connectivity index (χ1n) is 6.12. The third-order valence-corrected chi connectivity index (χ3v) is 2.86. The van der Waals surface area contributed by atoms with Gasteiger partial charge in [-0.1, -0.05) is 24.3 Å². The molecule has 0 fully saturated rings. The van der Waals surface area contributed by atoms with Gasteiger partial charge in [0.25, 0.3) is 0 Å². The van der Waals surface area contributed by atoms with Crippen molar-refractivity contribution in [2.24, 2.45) is 0 Å². The fourth-order valence-electron chi connectivity index (χ4n) is 1.99. The molecule has 0 aliphatic rings. The first-order chi connectivity index (χ1) is 9.22. The van der Waals surface area contributed by atoms with Gasteiger partial charge in [0.05, 0.1) is 11.6 Å². The summed E-state index contributed by atoms with van der Waals surface area (Å²) < 4.78 is 0. The van der Waals surface area contributed by atoms with Crippen LogP contribution in [0.5, 0.6) is 0 Å². The van der Waals surface area contributed by atoms with Crippen LogP contribution in [0.15, 0.2) is 36.4 Å². The molecule has 2 rings (SSSR count). The Morgan fingerprint density at radius 3 is 2.58 bits per heavy atom. The van der Waals surface area contributed by atoms with Crippen molar-refractivity contribution in [1.82, 2.24) is 5.32 Å². The normalized spacial score (nSPS) is 9.89. The molecule has 0 spiro atoms. The van der Waals surface area contributed by atoms with Gasteiger partial charge in [-0.2, -0.15) is 5.26 Å². The Morgan fingerprint density at radius 2 is 1.89 bits per heavy atom. The van der Waals surface area contributed by atoms with E-state index in [0.717, 1.165) is 16.5 Å². The lowest BCUT2D eigenvalue weighted by Crippen LogP contribution is -2.26. The highest BCUT2D eigenvalue weighted by Gasteiger charge is 2.04. The molecule has 0 saturated heterocycles. The zero-order valence-corrected chi connectivity index (χ0v) is 10.7. The minimum Gasteiger partial charge on any atom is -0.383 e. The van der Waals surface area contributed by atoms with Gasteiger partial charge in [-0.15, -0.1) is 0 Å². The van der Waals surface area contributed by atoms with E-state index in [2.05, 4.69) is 16.7 Å². The van der Waals surface area contributed by atoms with E-state index >= 15 is 0 Å². The Balaban J connectivity index is 2.20. The van der Waals surface area contributed by atoms with Crippen molar-refractivity contribution < 1.29 is 4.79 Å². The van der Waals surface area contributed by atoms with Crippen molar-refractivity contribution in [2.75, 3.05) is 18.4 Å². The number of nitrogens with zero attached hydrogens (tertiary/aromatic N) is 1. The summed E-state index contributed by atoms with van der Waals surface area (Å²) >= 11 is 0. The number of anilines is 1. The predicted octanol–water partition coefficient (Wildman–Crippen LogP) is 2.26. The molecule has 0 bridgehead atoms. The molecule has 96 valence electrons. The first kappa shape index (κ1) is 12.9. The van der Waals surface area contributed by atoms with Crippen molar-refractivity contribution in [3.63, 3.8) is 0 Å². The molecule has 1 amide bonds. The Bertz CT molecular complexity index is 643. The van der Waals surface area contributed by atoms with Crippen LogP contribution < -0.4 is 10.6 Å². The monoisotopic (exact) mass is 253 g/mol. The van der Waals surface area contributed by atoms with Crippen molar-refractivity contribution in [3.8, 4) is 6.07 Å². The van der Waals surface area contributed by atoms with Crippen LogP contribution in [-0.2, 0) is 4.79 Å². The van der Waals surface area contributed by atoms with Crippen LogP contribution in [0.25, 0.3) is 10.8 Å². The molecule has 0 aliphatic carbocycles. The summed E-state index contributed by atoms with van der Waals surface area (Å²) in [5, 5.41) is 17.0. The number of amides is 1. The van der Waals surface area contributed by atoms with E-state index in [0.29, 0.717) is 18.7 Å². The number of benzene rings is 2. The quantitative estimate of drug-likeness (QED) is 0.821. The lowest BCUT2D eigenvalue weighted by molar-refractivity contribution is -0.118. The summed E-state index contributed by atoms with van der Waals surface area (Å²) in [7, 11) is 0. The molecule has 0 unspecified atom stereocenters. The Labute approximate surface area is 112 Å². The number of carbonyl (C=O) groups is 1. The van der Waals surface area contributed by atoms with Gasteiger partial charge in [0.1, 0.15) is 0 Å². The second-order valence-electron chi connectivity index (χ2n) is 4.23. The minimum absolute atomic E-state index is 0.0357. The predicted molar refractivity (Wildman–Crippen MR) is 75.8 cm³/mol. The summed E-state index contributed by atoms with van der Waals surface area (Å²) in [6.07, 6.45) is 0. The minimum atomic E-state index is -0.0357. The molecule has 4 nitrogen and oxygen atoms in total. The van der Waals surface area contributed by atoms with Gasteiger partial charge in [-0.25, -0.2) is 0 Å². The molecule has 0 radical (unpaired) electrons. The Hall–Kier alpha value is -2.54. The molecule has 0 saturated carbocycles. The largest absolute Gasteiger partial charge is 0.383 e. The van der Waals surface area contributed by atoms with E-state index in [9.17, 15) is 4.79 Å². The zero-order chi connectivity index (χ0) is 13.7. The number of carbonyl (C=O) groups excluding carboxylic acids is 1. The second-order valence-corrected chi connectivity index (χ2v) is 4.23. The number of nitrogens with one attached hydrogen (secondary N) is 2. The lowest BCUT2D eigenvalue weighted by Gasteiger charge is -2.10. The third-order valence-electron chi connectivity index (χ3n) is 2.86. The standard InChI is InChI=1S/C15H15N3O/c1-11(19)17-8-9-18-15-7-6-12(10-16)13-4-2-3-5-14(13)15/h2-7,18H,8-9H2,1H3,(H,17,19). The number of rotatable bonds is 4. The van der Waals surface area contributed by atoms with Crippen LogP contribution in [0.3, 0.4) is 0 Å². The maximum atomic E-state index is 10.8. The lowest BCUT2D eigenvalue weighted by atomic mass is 10.0. The highest BCUT2D eigenvalue weighted by Crippen LogP contribution is 2.25. The van der Waals surface area contributed by atoms with Crippen molar-refractivity contribution >= 4 is 22.4 Å². The van der Waals surface area contributed by atoms with Crippen molar-refractivity contribution in [1.29, 1.82) is 5.26 Å². The first-order valence-corrected chi connectivity index (χ1v) is 6.12. The molecule has 4 heteroatoms. The Kier molecular flexibility index (Phi) is 3.99. The smallest absolute Gasteiger partial charge is 0.216 e. The molecule has 2 N–H and O–H groups in total. The highest BCUT2D eigenvalue weighted by molar-refractivity contribution is 5.97. The molecule has 2 aromatic carbocycles. The van der Waals surface area contributed by atoms with Crippen LogP contribution in [-0.4, -0.2) is 19.0 Å². The zero-order valence-electron chi connectivity index (χ0n) is 10.7. The van der Waals surface area contributed by atoms with Gasteiger partial charge in [0.2, 0.25) is 5.91 Å². The van der Waals surface area contributed by atoms with E-state index in [4.69, 9.17) is 5.26 Å². The molecule has 0 heterocycles. The van der Waals surface area contributed by atoms with E-state index < -0.39 is 0 Å². The maximum absolute atomic E-state index is 10.8. The van der Waals surface area contributed by atoms with E-state index in [1.165, 1.54) is 6.92 Å². The van der Waals surface area contributed by atoms with Crippen LogP contribution in [0.1, 0.15) is 12.5 Å². The van der Waals surface area contributed by atoms with Gasteiger partial charge < -0.3 is 10.6 Å². The number of hydrogen-bond donors (Lipinski definition) is 2. The topological polar surface area (TPSA) is 64.9 Å². The van der Waals surface area contributed by atoms with E-state index in [1.807, 2.05) is 36.4 Å². The van der Waals surface area contributed by atoms with Crippen LogP contribution in [0.2, 0.25) is 0 Å². The molecular formula is C15H15N3O. The summed E-state index contributed by atoms with van der Waals surface area (Å²) in [5.74, 6) is -0.0357. The molecule has 0 aliphatic heterocycles. The van der Waals surface area contributed by atoms with Gasteiger partial charge in [0.15, 0.2) is 0 Å². The molecule has 0 atom stereocenters. The number of nitriles is 1. The maximum Gasteiger partial charge on any atom is 0.216 e. The molecular weight excluding hydrogens is 238 g/mol. The fraction of sp³-hybridized carbons (Fsp3) is 0.200. The van der Waals surface area contributed by atoms with Gasteiger partial charge in [0, 0.05) is 36.5 Å². The average molecular weight is 253 g/mol. The summed E-state index contributed by atoms with van der Waals surface area (Å²) in [5.41, 5.74) is 1.64. The highest BCUT2D eigenvalue weighted by atomic mass is 16.1. The van der Waals surface area contributed by atoms with E-state index in [1.54, 1.807) is 0 Å². The number of fused-ring (bicyclic) bond motifs is 1. The van der Waals surface area contributed by atoms with Crippen LogP contribution in [0.4, 0.5) is 5.69 Å². The average Bonchev–Trinajstić information content (AvgIpc) is 2.43. The SMILES string of the molecule is CC(=O)NCCNc1ccc(C#N)c2ccccc12. The summed E-state index contributed by atoms with van der Waals surface area (Å²) in [6, 6.07) is 13.7. The second kappa shape index (κ2) is 5.87. The molecule has 0 aromatic heterocycles. The van der Waals surface area contributed by atoms with Gasteiger partial charge in [-0.3, -0.25) is 4.79 Å². The van der Waals surface area contributed by atoms with Gasteiger partial charge >= 0.3 is 0 Å². The van der Waals surface area contributed by atoms with Crippen molar-refractivity contribution in [3.05, 3.63) is 42.0 Å². The fourth-order valence-corrected chi connectivity index (χ4v) is 1.99. The van der Waals surface area contributed by atoms with Gasteiger partial charge in [-0.05, 0) is 12.1 Å².